The van der Waals surface area contributed by atoms with Gasteiger partial charge in [0.15, 0.2) is 0 Å². The first-order valence-corrected chi connectivity index (χ1v) is 7.13. The van der Waals surface area contributed by atoms with Crippen LogP contribution in [0.5, 0.6) is 0 Å². The summed E-state index contributed by atoms with van der Waals surface area (Å²) >= 11 is 3.15. The van der Waals surface area contributed by atoms with E-state index in [1.54, 1.807) is 13.0 Å². The van der Waals surface area contributed by atoms with Crippen LogP contribution < -0.4 is 5.32 Å². The first-order chi connectivity index (χ1) is 8.58. The van der Waals surface area contributed by atoms with Crippen LogP contribution in [0.1, 0.15) is 24.8 Å². The molecule has 0 heterocycles. The molecule has 4 heteroatoms. The standard InChI is InChI=1S/C14H15BrFNO/c1-7-5-11(16)10(15)6-12(7)17-14(18)13-8-3-2-4-9(8)13/h5-6,8-9,13H,2-4H2,1H3,(H,17,18). The van der Waals surface area contributed by atoms with Gasteiger partial charge >= 0.3 is 0 Å². The molecule has 18 heavy (non-hydrogen) atoms. The molecular weight excluding hydrogens is 297 g/mol. The van der Waals surface area contributed by atoms with Crippen LogP contribution in [0.4, 0.5) is 10.1 Å². The van der Waals surface area contributed by atoms with Crippen molar-refractivity contribution in [2.45, 2.75) is 26.2 Å². The predicted molar refractivity (Wildman–Crippen MR) is 71.8 cm³/mol. The number of carbonyl (C=O) groups excluding carboxylic acids is 1. The van der Waals surface area contributed by atoms with Crippen LogP contribution in [0.3, 0.4) is 0 Å². The first-order valence-electron chi connectivity index (χ1n) is 6.34. The second-order valence-corrected chi connectivity index (χ2v) is 6.21. The Kier molecular flexibility index (Phi) is 2.93. The maximum atomic E-state index is 13.3. The van der Waals surface area contributed by atoms with Gasteiger partial charge in [-0.1, -0.05) is 6.42 Å². The van der Waals surface area contributed by atoms with Crippen molar-refractivity contribution in [2.75, 3.05) is 5.32 Å². The third kappa shape index (κ3) is 1.96. The Morgan fingerprint density at radius 1 is 1.39 bits per heavy atom. The van der Waals surface area contributed by atoms with Crippen LogP contribution in [-0.2, 0) is 4.79 Å². The smallest absolute Gasteiger partial charge is 0.228 e. The minimum Gasteiger partial charge on any atom is -0.326 e. The van der Waals surface area contributed by atoms with E-state index in [0.29, 0.717) is 22.0 Å². The van der Waals surface area contributed by atoms with Crippen molar-refractivity contribution in [2.24, 2.45) is 17.8 Å². The molecule has 2 atom stereocenters. The lowest BCUT2D eigenvalue weighted by atomic mass is 10.1. The molecule has 0 aromatic heterocycles. The number of halogens is 2. The van der Waals surface area contributed by atoms with E-state index in [-0.39, 0.29) is 17.6 Å². The van der Waals surface area contributed by atoms with E-state index in [0.717, 1.165) is 5.56 Å². The molecule has 2 unspecified atom stereocenters. The van der Waals surface area contributed by atoms with Gasteiger partial charge in [-0.2, -0.15) is 0 Å². The molecule has 0 aliphatic heterocycles. The number of nitrogens with one attached hydrogen (secondary N) is 1. The lowest BCUT2D eigenvalue weighted by Crippen LogP contribution is -2.17. The molecule has 2 nitrogen and oxygen atoms in total. The molecule has 96 valence electrons. The molecule has 2 saturated carbocycles. The summed E-state index contributed by atoms with van der Waals surface area (Å²) in [6, 6.07) is 3.08. The van der Waals surface area contributed by atoms with E-state index in [1.807, 2.05) is 0 Å². The highest BCUT2D eigenvalue weighted by atomic mass is 79.9. The molecule has 0 bridgehead atoms. The van der Waals surface area contributed by atoms with Crippen LogP contribution in [0.2, 0.25) is 0 Å². The summed E-state index contributed by atoms with van der Waals surface area (Å²) in [5, 5.41) is 2.93. The molecule has 2 fully saturated rings. The highest BCUT2D eigenvalue weighted by molar-refractivity contribution is 9.10. The predicted octanol–water partition coefficient (Wildman–Crippen LogP) is 3.88. The minimum atomic E-state index is -0.297. The van der Waals surface area contributed by atoms with Crippen LogP contribution in [-0.4, -0.2) is 5.91 Å². The van der Waals surface area contributed by atoms with Gasteiger partial charge in [0.05, 0.1) is 4.47 Å². The Balaban J connectivity index is 1.73. The van der Waals surface area contributed by atoms with Crippen molar-refractivity contribution in [3.8, 4) is 0 Å². The SMILES string of the molecule is Cc1cc(F)c(Br)cc1NC(=O)C1C2CCCC21. The number of hydrogen-bond acceptors (Lipinski definition) is 1. The highest BCUT2D eigenvalue weighted by Gasteiger charge is 2.56. The third-order valence-corrected chi connectivity index (χ3v) is 4.84. The summed E-state index contributed by atoms with van der Waals surface area (Å²) in [6.45, 7) is 1.80. The minimum absolute atomic E-state index is 0.103. The summed E-state index contributed by atoms with van der Waals surface area (Å²) < 4.78 is 13.7. The van der Waals surface area contributed by atoms with Crippen molar-refractivity contribution >= 4 is 27.5 Å². The molecule has 1 N–H and O–H groups in total. The zero-order chi connectivity index (χ0) is 12.9. The maximum absolute atomic E-state index is 13.3. The number of fused-ring (bicyclic) bond motifs is 1. The first kappa shape index (κ1) is 12.2. The molecule has 2 aliphatic rings. The molecule has 1 amide bonds. The average Bonchev–Trinajstić information content (AvgIpc) is 2.80. The Bertz CT molecular complexity index is 507. The van der Waals surface area contributed by atoms with Crippen LogP contribution >= 0.6 is 15.9 Å². The van der Waals surface area contributed by atoms with Crippen LogP contribution in [0.25, 0.3) is 0 Å². The van der Waals surface area contributed by atoms with Gasteiger partial charge < -0.3 is 5.32 Å². The van der Waals surface area contributed by atoms with Crippen LogP contribution in [0.15, 0.2) is 16.6 Å². The molecular formula is C14H15BrFNO. The van der Waals surface area contributed by atoms with Crippen LogP contribution in [0, 0.1) is 30.5 Å². The fourth-order valence-corrected chi connectivity index (χ4v) is 3.55. The Morgan fingerprint density at radius 3 is 2.72 bits per heavy atom. The summed E-state index contributed by atoms with van der Waals surface area (Å²) in [5.41, 5.74) is 1.47. The van der Waals surface area contributed by atoms with E-state index in [4.69, 9.17) is 0 Å². The number of carbonyl (C=O) groups is 1. The normalized spacial score (nSPS) is 28.9. The monoisotopic (exact) mass is 311 g/mol. The van der Waals surface area contributed by atoms with E-state index in [1.165, 1.54) is 25.3 Å². The molecule has 0 saturated heterocycles. The molecule has 0 radical (unpaired) electrons. The van der Waals surface area contributed by atoms with Gasteiger partial charge in [-0.15, -0.1) is 0 Å². The zero-order valence-corrected chi connectivity index (χ0v) is 11.8. The maximum Gasteiger partial charge on any atom is 0.228 e. The number of rotatable bonds is 2. The van der Waals surface area contributed by atoms with E-state index in [9.17, 15) is 9.18 Å². The fraction of sp³-hybridized carbons (Fsp3) is 0.500. The zero-order valence-electron chi connectivity index (χ0n) is 10.2. The Morgan fingerprint density at radius 2 is 2.06 bits per heavy atom. The number of aryl methyl sites for hydroxylation is 1. The van der Waals surface area contributed by atoms with Gasteiger partial charge in [0, 0.05) is 11.6 Å². The van der Waals surface area contributed by atoms with Gasteiger partial charge in [-0.3, -0.25) is 4.79 Å². The van der Waals surface area contributed by atoms with Crippen molar-refractivity contribution < 1.29 is 9.18 Å². The summed E-state index contributed by atoms with van der Waals surface area (Å²) in [7, 11) is 0. The van der Waals surface area contributed by atoms with Gasteiger partial charge in [0.1, 0.15) is 5.82 Å². The van der Waals surface area contributed by atoms with Crippen molar-refractivity contribution in [1.82, 2.24) is 0 Å². The quantitative estimate of drug-likeness (QED) is 0.882. The second kappa shape index (κ2) is 4.34. The Hall–Kier alpha value is -0.900. The molecule has 1 aromatic rings. The fourth-order valence-electron chi connectivity index (χ4n) is 3.21. The molecule has 0 spiro atoms. The second-order valence-electron chi connectivity index (χ2n) is 5.35. The summed E-state index contributed by atoms with van der Waals surface area (Å²) in [6.07, 6.45) is 3.64. The van der Waals surface area contributed by atoms with Gasteiger partial charge in [0.2, 0.25) is 5.91 Å². The average molecular weight is 312 g/mol. The number of anilines is 1. The largest absolute Gasteiger partial charge is 0.326 e. The number of benzene rings is 1. The van der Waals surface area contributed by atoms with Gasteiger partial charge in [-0.25, -0.2) is 4.39 Å². The molecule has 2 aliphatic carbocycles. The molecule has 1 aromatic carbocycles. The lowest BCUT2D eigenvalue weighted by Gasteiger charge is -2.10. The number of amides is 1. The third-order valence-electron chi connectivity index (χ3n) is 4.23. The Labute approximate surface area is 114 Å². The topological polar surface area (TPSA) is 29.1 Å². The summed E-state index contributed by atoms with van der Waals surface area (Å²) in [4.78, 5) is 12.1. The lowest BCUT2D eigenvalue weighted by molar-refractivity contribution is -0.118. The van der Waals surface area contributed by atoms with E-state index in [2.05, 4.69) is 21.2 Å². The number of hydrogen-bond donors (Lipinski definition) is 1. The molecule has 3 rings (SSSR count). The van der Waals surface area contributed by atoms with E-state index < -0.39 is 0 Å². The van der Waals surface area contributed by atoms with Crippen molar-refractivity contribution in [3.05, 3.63) is 28.0 Å². The highest BCUT2D eigenvalue weighted by Crippen LogP contribution is 2.57. The van der Waals surface area contributed by atoms with E-state index >= 15 is 0 Å². The van der Waals surface area contributed by atoms with Gasteiger partial charge in [0.25, 0.3) is 0 Å². The summed E-state index contributed by atoms with van der Waals surface area (Å²) in [5.74, 6) is 1.21. The van der Waals surface area contributed by atoms with Crippen molar-refractivity contribution in [3.63, 3.8) is 0 Å². The van der Waals surface area contributed by atoms with Gasteiger partial charge in [-0.05, 0) is 65.2 Å². The van der Waals surface area contributed by atoms with Crippen molar-refractivity contribution in [1.29, 1.82) is 0 Å².